The van der Waals surface area contributed by atoms with Crippen molar-refractivity contribution in [1.29, 1.82) is 5.26 Å². The molecule has 0 atom stereocenters. The van der Waals surface area contributed by atoms with Crippen molar-refractivity contribution in [2.45, 2.75) is 13.8 Å². The summed E-state index contributed by atoms with van der Waals surface area (Å²) < 4.78 is 22.0. The van der Waals surface area contributed by atoms with E-state index in [-0.39, 0.29) is 0 Å². The van der Waals surface area contributed by atoms with Crippen molar-refractivity contribution < 1.29 is 18.9 Å². The molecule has 136 valence electrons. The maximum Gasteiger partial charge on any atom is 0.161 e. The summed E-state index contributed by atoms with van der Waals surface area (Å²) in [6.45, 7) is 4.92. The van der Waals surface area contributed by atoms with Crippen molar-refractivity contribution in [2.24, 2.45) is 0 Å². The van der Waals surface area contributed by atoms with Gasteiger partial charge in [0.1, 0.15) is 0 Å². The summed E-state index contributed by atoms with van der Waals surface area (Å²) in [5.74, 6) is 2.57. The van der Waals surface area contributed by atoms with Crippen LogP contribution in [0, 0.1) is 11.3 Å². The first-order chi connectivity index (χ1) is 12.7. The van der Waals surface area contributed by atoms with Gasteiger partial charge in [0.2, 0.25) is 0 Å². The van der Waals surface area contributed by atoms with Crippen LogP contribution in [0.15, 0.2) is 42.5 Å². The first-order valence-corrected chi connectivity index (χ1v) is 8.40. The lowest BCUT2D eigenvalue weighted by molar-refractivity contribution is 0.287. The molecule has 0 radical (unpaired) electrons. The fourth-order valence-corrected chi connectivity index (χ4v) is 2.62. The van der Waals surface area contributed by atoms with E-state index in [0.717, 1.165) is 16.7 Å². The third kappa shape index (κ3) is 4.28. The standard InChI is InChI=1S/C21H23NO4/c1-5-25-19-10-8-16(14-21(19)26-6-2)17(11-12-22)15-7-9-18(23-3)20(13-15)24-4/h7-11,13-14H,5-6H2,1-4H3. The molecule has 0 amide bonds. The second kappa shape index (κ2) is 9.38. The van der Waals surface area contributed by atoms with Crippen LogP contribution < -0.4 is 18.9 Å². The number of methoxy groups -OCH3 is 2. The highest BCUT2D eigenvalue weighted by Gasteiger charge is 2.13. The SMILES string of the molecule is CCOc1ccc(C(=CC#N)c2ccc(OC)c(OC)c2)cc1OCC. The van der Waals surface area contributed by atoms with E-state index in [0.29, 0.717) is 36.2 Å². The molecule has 0 saturated heterocycles. The summed E-state index contributed by atoms with van der Waals surface area (Å²) in [5.41, 5.74) is 2.46. The molecule has 0 aromatic heterocycles. The molecule has 0 saturated carbocycles. The van der Waals surface area contributed by atoms with Crippen molar-refractivity contribution in [2.75, 3.05) is 27.4 Å². The Balaban J connectivity index is 2.53. The number of hydrogen-bond donors (Lipinski definition) is 0. The molecular weight excluding hydrogens is 330 g/mol. The van der Waals surface area contributed by atoms with Gasteiger partial charge in [-0.25, -0.2) is 0 Å². The molecule has 2 aromatic carbocycles. The molecule has 0 fully saturated rings. The zero-order chi connectivity index (χ0) is 18.9. The molecule has 0 N–H and O–H groups in total. The molecule has 26 heavy (non-hydrogen) atoms. The Kier molecular flexibility index (Phi) is 6.92. The average Bonchev–Trinajstić information content (AvgIpc) is 2.67. The van der Waals surface area contributed by atoms with Crippen LogP contribution in [0.25, 0.3) is 5.57 Å². The molecule has 2 aromatic rings. The molecule has 0 unspecified atom stereocenters. The molecule has 0 aliphatic heterocycles. The molecule has 0 spiro atoms. The van der Waals surface area contributed by atoms with Crippen LogP contribution >= 0.6 is 0 Å². The van der Waals surface area contributed by atoms with Gasteiger partial charge in [0.05, 0.1) is 33.5 Å². The van der Waals surface area contributed by atoms with Crippen LogP contribution in [0.4, 0.5) is 0 Å². The molecule has 0 aliphatic carbocycles. The van der Waals surface area contributed by atoms with Crippen LogP contribution in [0.2, 0.25) is 0 Å². The number of ether oxygens (including phenoxy) is 4. The maximum absolute atomic E-state index is 9.26. The number of nitrogens with zero attached hydrogens (tertiary/aromatic N) is 1. The van der Waals surface area contributed by atoms with E-state index < -0.39 is 0 Å². The highest BCUT2D eigenvalue weighted by Crippen LogP contribution is 2.36. The number of rotatable bonds is 8. The average molecular weight is 353 g/mol. The van der Waals surface area contributed by atoms with Crippen LogP contribution in [-0.4, -0.2) is 27.4 Å². The highest BCUT2D eigenvalue weighted by atomic mass is 16.5. The molecule has 5 nitrogen and oxygen atoms in total. The predicted octanol–water partition coefficient (Wildman–Crippen LogP) is 4.46. The minimum absolute atomic E-state index is 0.525. The highest BCUT2D eigenvalue weighted by molar-refractivity contribution is 5.83. The van der Waals surface area contributed by atoms with Crippen LogP contribution in [0.5, 0.6) is 23.0 Å². The first-order valence-electron chi connectivity index (χ1n) is 8.40. The largest absolute Gasteiger partial charge is 0.493 e. The van der Waals surface area contributed by atoms with E-state index in [9.17, 15) is 5.26 Å². The lowest BCUT2D eigenvalue weighted by Crippen LogP contribution is -2.00. The fourth-order valence-electron chi connectivity index (χ4n) is 2.62. The van der Waals surface area contributed by atoms with Gasteiger partial charge in [-0.1, -0.05) is 12.1 Å². The van der Waals surface area contributed by atoms with Gasteiger partial charge in [-0.15, -0.1) is 0 Å². The zero-order valence-electron chi connectivity index (χ0n) is 15.5. The smallest absolute Gasteiger partial charge is 0.161 e. The Hall–Kier alpha value is -3.13. The van der Waals surface area contributed by atoms with Gasteiger partial charge >= 0.3 is 0 Å². The first kappa shape index (κ1) is 19.2. The van der Waals surface area contributed by atoms with Crippen molar-refractivity contribution in [1.82, 2.24) is 0 Å². The molecular formula is C21H23NO4. The van der Waals surface area contributed by atoms with Gasteiger partial charge in [-0.2, -0.15) is 5.26 Å². The van der Waals surface area contributed by atoms with E-state index in [1.54, 1.807) is 14.2 Å². The monoisotopic (exact) mass is 353 g/mol. The normalized spacial score (nSPS) is 10.8. The minimum atomic E-state index is 0.525. The lowest BCUT2D eigenvalue weighted by Gasteiger charge is -2.15. The van der Waals surface area contributed by atoms with Crippen molar-refractivity contribution in [3.05, 3.63) is 53.6 Å². The van der Waals surface area contributed by atoms with E-state index in [2.05, 4.69) is 6.07 Å². The van der Waals surface area contributed by atoms with Crippen LogP contribution in [0.1, 0.15) is 25.0 Å². The predicted molar refractivity (Wildman–Crippen MR) is 101 cm³/mol. The summed E-state index contributed by atoms with van der Waals surface area (Å²) in [4.78, 5) is 0. The second-order valence-corrected chi connectivity index (χ2v) is 5.28. The van der Waals surface area contributed by atoms with Crippen LogP contribution in [0.3, 0.4) is 0 Å². The van der Waals surface area contributed by atoms with E-state index in [4.69, 9.17) is 18.9 Å². The number of nitriles is 1. The van der Waals surface area contributed by atoms with Gasteiger partial charge in [0.25, 0.3) is 0 Å². The van der Waals surface area contributed by atoms with Gasteiger partial charge < -0.3 is 18.9 Å². The Labute approximate surface area is 154 Å². The fraction of sp³-hybridized carbons (Fsp3) is 0.286. The molecule has 0 aliphatic rings. The Morgan fingerprint density at radius 2 is 1.38 bits per heavy atom. The zero-order valence-corrected chi connectivity index (χ0v) is 15.5. The minimum Gasteiger partial charge on any atom is -0.493 e. The number of allylic oxidation sites excluding steroid dienone is 1. The summed E-state index contributed by atoms with van der Waals surface area (Å²) in [6.07, 6.45) is 1.51. The number of hydrogen-bond acceptors (Lipinski definition) is 5. The van der Waals surface area contributed by atoms with Crippen molar-refractivity contribution >= 4 is 5.57 Å². The third-order valence-corrected chi connectivity index (χ3v) is 3.76. The van der Waals surface area contributed by atoms with E-state index in [1.807, 2.05) is 50.2 Å². The lowest BCUT2D eigenvalue weighted by atomic mass is 9.97. The summed E-state index contributed by atoms with van der Waals surface area (Å²) in [6, 6.07) is 13.3. The van der Waals surface area contributed by atoms with Gasteiger partial charge in [-0.3, -0.25) is 0 Å². The molecule has 0 heterocycles. The number of benzene rings is 2. The van der Waals surface area contributed by atoms with Gasteiger partial charge in [0.15, 0.2) is 23.0 Å². The molecule has 0 bridgehead atoms. The Morgan fingerprint density at radius 3 is 1.92 bits per heavy atom. The topological polar surface area (TPSA) is 60.7 Å². The van der Waals surface area contributed by atoms with Gasteiger partial charge in [0, 0.05) is 6.08 Å². The molecule has 2 rings (SSSR count). The summed E-state index contributed by atoms with van der Waals surface area (Å²) in [5, 5.41) is 9.26. The summed E-state index contributed by atoms with van der Waals surface area (Å²) in [7, 11) is 3.17. The second-order valence-electron chi connectivity index (χ2n) is 5.28. The van der Waals surface area contributed by atoms with Gasteiger partial charge in [-0.05, 0) is 54.8 Å². The van der Waals surface area contributed by atoms with Crippen molar-refractivity contribution in [3.8, 4) is 29.1 Å². The molecule has 5 heteroatoms. The van der Waals surface area contributed by atoms with E-state index >= 15 is 0 Å². The Bertz CT molecular complexity index is 821. The summed E-state index contributed by atoms with van der Waals surface area (Å²) >= 11 is 0. The van der Waals surface area contributed by atoms with Crippen molar-refractivity contribution in [3.63, 3.8) is 0 Å². The quantitative estimate of drug-likeness (QED) is 0.656. The third-order valence-electron chi connectivity index (χ3n) is 3.76. The maximum atomic E-state index is 9.26. The Morgan fingerprint density at radius 1 is 0.846 bits per heavy atom. The van der Waals surface area contributed by atoms with Crippen LogP contribution in [-0.2, 0) is 0 Å². The van der Waals surface area contributed by atoms with E-state index in [1.165, 1.54) is 6.08 Å².